The summed E-state index contributed by atoms with van der Waals surface area (Å²) in [6.45, 7) is 1.64. The number of carbonyl (C=O) groups is 1. The van der Waals surface area contributed by atoms with E-state index in [4.69, 9.17) is 0 Å². The minimum atomic E-state index is -0.272. The molecule has 0 atom stereocenters. The Morgan fingerprint density at radius 3 is 2.81 bits per heavy atom. The number of thiazole rings is 1. The highest BCUT2D eigenvalue weighted by Gasteiger charge is 2.20. The van der Waals surface area contributed by atoms with Crippen molar-refractivity contribution in [3.63, 3.8) is 0 Å². The molecular weight excluding hydrogens is 344 g/mol. The first kappa shape index (κ1) is 16.5. The minimum Gasteiger partial charge on any atom is -0.319 e. The topological polar surface area (TPSA) is 77.8 Å². The van der Waals surface area contributed by atoms with E-state index in [1.165, 1.54) is 11.3 Å². The van der Waals surface area contributed by atoms with Crippen LogP contribution in [-0.2, 0) is 13.0 Å². The second-order valence-electron chi connectivity index (χ2n) is 5.98. The smallest absolute Gasteiger partial charge is 0.284 e. The van der Waals surface area contributed by atoms with Crippen LogP contribution in [0.25, 0.3) is 11.1 Å². The second kappa shape index (κ2) is 7.08. The van der Waals surface area contributed by atoms with Gasteiger partial charge in [0.2, 0.25) is 0 Å². The van der Waals surface area contributed by atoms with Gasteiger partial charge in [0.25, 0.3) is 5.91 Å². The van der Waals surface area contributed by atoms with Crippen LogP contribution in [-0.4, -0.2) is 17.4 Å². The molecule has 0 unspecified atom stereocenters. The number of aromatic nitrogens is 1. The minimum absolute atomic E-state index is 0.272. The zero-order valence-electron chi connectivity index (χ0n) is 14.0. The molecule has 0 spiro atoms. The van der Waals surface area contributed by atoms with E-state index < -0.39 is 0 Å². The summed E-state index contributed by atoms with van der Waals surface area (Å²) in [5.41, 5.74) is 3.70. The maximum absolute atomic E-state index is 12.7. The van der Waals surface area contributed by atoms with Gasteiger partial charge in [-0.25, -0.2) is 4.98 Å². The van der Waals surface area contributed by atoms with Gasteiger partial charge in [0.15, 0.2) is 5.01 Å². The number of hydrogen-bond donors (Lipinski definition) is 2. The predicted octanol–water partition coefficient (Wildman–Crippen LogP) is 3.58. The first-order valence-corrected chi connectivity index (χ1v) is 9.17. The highest BCUT2D eigenvalue weighted by molar-refractivity contribution is 7.13. The Morgan fingerprint density at radius 1 is 1.19 bits per heavy atom. The highest BCUT2D eigenvalue weighted by atomic mass is 32.1. The lowest BCUT2D eigenvalue weighted by atomic mass is 9.99. The molecule has 128 valence electrons. The monoisotopic (exact) mass is 360 g/mol. The molecule has 0 fully saturated rings. The molecule has 0 aliphatic carbocycles. The number of nitrogens with one attached hydrogen (secondary N) is 2. The van der Waals surface area contributed by atoms with E-state index >= 15 is 0 Å². The molecule has 2 heterocycles. The van der Waals surface area contributed by atoms with Gasteiger partial charge >= 0.3 is 0 Å². The maximum atomic E-state index is 12.7. The van der Waals surface area contributed by atoms with E-state index in [1.54, 1.807) is 6.07 Å². The van der Waals surface area contributed by atoms with Crippen LogP contribution in [0.1, 0.15) is 25.9 Å². The van der Waals surface area contributed by atoms with Gasteiger partial charge in [-0.05, 0) is 11.6 Å². The van der Waals surface area contributed by atoms with Gasteiger partial charge in [0.05, 0.1) is 16.9 Å². The lowest BCUT2D eigenvalue weighted by Gasteiger charge is -2.10. The summed E-state index contributed by atoms with van der Waals surface area (Å²) in [7, 11) is 0. The van der Waals surface area contributed by atoms with Crippen molar-refractivity contribution in [2.24, 2.45) is 0 Å². The lowest BCUT2D eigenvalue weighted by Crippen LogP contribution is -2.22. The van der Waals surface area contributed by atoms with E-state index in [-0.39, 0.29) is 5.91 Å². The highest BCUT2D eigenvalue weighted by Crippen LogP contribution is 2.29. The van der Waals surface area contributed by atoms with Crippen molar-refractivity contribution >= 4 is 22.9 Å². The van der Waals surface area contributed by atoms with E-state index in [0.29, 0.717) is 16.3 Å². The van der Waals surface area contributed by atoms with Gasteiger partial charge in [0, 0.05) is 30.0 Å². The molecule has 26 heavy (non-hydrogen) atoms. The van der Waals surface area contributed by atoms with Crippen molar-refractivity contribution in [1.82, 2.24) is 10.3 Å². The van der Waals surface area contributed by atoms with Crippen molar-refractivity contribution in [2.75, 3.05) is 11.9 Å². The Hall–Kier alpha value is -3.01. The molecule has 5 nitrogen and oxygen atoms in total. The molecule has 1 aliphatic rings. The van der Waals surface area contributed by atoms with E-state index in [2.05, 4.69) is 21.7 Å². The number of nitriles is 1. The maximum Gasteiger partial charge on any atom is 0.284 e. The van der Waals surface area contributed by atoms with Crippen LogP contribution >= 0.6 is 11.3 Å². The number of carbonyl (C=O) groups excluding carboxylic acids is 1. The first-order valence-electron chi connectivity index (χ1n) is 8.35. The molecular formula is C20H16N4OS. The summed E-state index contributed by atoms with van der Waals surface area (Å²) in [6, 6.07) is 17.4. The first-order chi connectivity index (χ1) is 12.8. The lowest BCUT2D eigenvalue weighted by molar-refractivity contribution is 0.102. The van der Waals surface area contributed by atoms with Crippen LogP contribution in [0.5, 0.6) is 0 Å². The van der Waals surface area contributed by atoms with E-state index in [1.807, 2.05) is 42.5 Å². The normalized spacial score (nSPS) is 12.9. The van der Waals surface area contributed by atoms with Crippen molar-refractivity contribution in [3.8, 4) is 17.2 Å². The average Bonchev–Trinajstić information content (AvgIpc) is 3.13. The largest absolute Gasteiger partial charge is 0.319 e. The Bertz CT molecular complexity index is 981. The third-order valence-electron chi connectivity index (χ3n) is 4.31. The molecule has 0 saturated heterocycles. The molecule has 2 aromatic carbocycles. The molecule has 1 aromatic heterocycles. The Kier molecular flexibility index (Phi) is 4.48. The third-order valence-corrected chi connectivity index (χ3v) is 5.40. The molecule has 2 N–H and O–H groups in total. The quantitative estimate of drug-likeness (QED) is 0.748. The molecule has 6 heteroatoms. The second-order valence-corrected chi connectivity index (χ2v) is 7.06. The van der Waals surface area contributed by atoms with Crippen molar-refractivity contribution in [3.05, 3.63) is 69.7 Å². The Balaban J connectivity index is 1.65. The number of benzene rings is 2. The summed E-state index contributed by atoms with van der Waals surface area (Å²) >= 11 is 1.41. The molecule has 1 aliphatic heterocycles. The van der Waals surface area contributed by atoms with Crippen LogP contribution < -0.4 is 10.6 Å². The van der Waals surface area contributed by atoms with Crippen LogP contribution in [0.15, 0.2) is 48.5 Å². The van der Waals surface area contributed by atoms with Gasteiger partial charge in [-0.15, -0.1) is 11.3 Å². The molecule has 4 rings (SSSR count). The van der Waals surface area contributed by atoms with Crippen molar-refractivity contribution < 1.29 is 4.79 Å². The molecule has 0 bridgehead atoms. The van der Waals surface area contributed by atoms with Gasteiger partial charge in [-0.3, -0.25) is 4.79 Å². The zero-order valence-corrected chi connectivity index (χ0v) is 14.8. The average molecular weight is 360 g/mol. The SMILES string of the molecule is N#Cc1c(NC(=O)c2nc3c(s2)CNCC3)cccc1-c1ccccc1. The number of hydrogen-bond acceptors (Lipinski definition) is 5. The van der Waals surface area contributed by atoms with Crippen LogP contribution in [0, 0.1) is 11.3 Å². The summed E-state index contributed by atoms with van der Waals surface area (Å²) in [6.07, 6.45) is 0.839. The standard InChI is InChI=1S/C20H16N4OS/c21-11-15-14(13-5-2-1-3-6-13)7-4-8-16(15)23-19(25)20-24-17-9-10-22-12-18(17)26-20/h1-8,22H,9-10,12H2,(H,23,25). The molecule has 0 radical (unpaired) electrons. The summed E-state index contributed by atoms with van der Waals surface area (Å²) in [5.74, 6) is -0.272. The third kappa shape index (κ3) is 3.10. The van der Waals surface area contributed by atoms with E-state index in [0.717, 1.165) is 41.2 Å². The van der Waals surface area contributed by atoms with Gasteiger partial charge < -0.3 is 10.6 Å². The van der Waals surface area contributed by atoms with Gasteiger partial charge in [0.1, 0.15) is 6.07 Å². The van der Waals surface area contributed by atoms with E-state index in [9.17, 15) is 10.1 Å². The fourth-order valence-electron chi connectivity index (χ4n) is 3.03. The summed E-state index contributed by atoms with van der Waals surface area (Å²) in [5, 5.41) is 16.2. The zero-order chi connectivity index (χ0) is 17.9. The summed E-state index contributed by atoms with van der Waals surface area (Å²) < 4.78 is 0. The molecule has 3 aromatic rings. The molecule has 1 amide bonds. The fraction of sp³-hybridized carbons (Fsp3) is 0.150. The predicted molar refractivity (Wildman–Crippen MR) is 102 cm³/mol. The molecule has 0 saturated carbocycles. The number of anilines is 1. The number of amides is 1. The van der Waals surface area contributed by atoms with Gasteiger partial charge in [-0.2, -0.15) is 5.26 Å². The van der Waals surface area contributed by atoms with Gasteiger partial charge in [-0.1, -0.05) is 42.5 Å². The van der Waals surface area contributed by atoms with Crippen LogP contribution in [0.3, 0.4) is 0 Å². The fourth-order valence-corrected chi connectivity index (χ4v) is 4.01. The van der Waals surface area contributed by atoms with Crippen molar-refractivity contribution in [2.45, 2.75) is 13.0 Å². The Labute approximate surface area is 155 Å². The summed E-state index contributed by atoms with van der Waals surface area (Å²) in [4.78, 5) is 18.2. The van der Waals surface area contributed by atoms with Crippen LogP contribution in [0.2, 0.25) is 0 Å². The number of nitrogens with zero attached hydrogens (tertiary/aromatic N) is 2. The van der Waals surface area contributed by atoms with Crippen LogP contribution in [0.4, 0.5) is 5.69 Å². The number of fused-ring (bicyclic) bond motifs is 1. The van der Waals surface area contributed by atoms with Crippen molar-refractivity contribution in [1.29, 1.82) is 5.26 Å². The Morgan fingerprint density at radius 2 is 2.04 bits per heavy atom. The number of rotatable bonds is 3.